The maximum absolute atomic E-state index is 5.76. The van der Waals surface area contributed by atoms with Gasteiger partial charge in [0.1, 0.15) is 24.2 Å². The Morgan fingerprint density at radius 1 is 0.920 bits per heavy atom. The molecule has 1 aliphatic rings. The third kappa shape index (κ3) is 4.76. The maximum Gasteiger partial charge on any atom is 0.119 e. The smallest absolute Gasteiger partial charge is 0.119 e. The lowest BCUT2D eigenvalue weighted by atomic mass is 9.78. The molecular formula is C22H28O3. The van der Waals surface area contributed by atoms with Crippen LogP contribution in [-0.2, 0) is 10.2 Å². The van der Waals surface area contributed by atoms with Crippen LogP contribution >= 0.6 is 0 Å². The van der Waals surface area contributed by atoms with Gasteiger partial charge in [-0.25, -0.2) is 0 Å². The Bertz CT molecular complexity index is 655. The number of unbranched alkanes of at least 4 members (excludes halogenated alkanes) is 1. The number of benzene rings is 2. The van der Waals surface area contributed by atoms with Gasteiger partial charge < -0.3 is 14.2 Å². The van der Waals surface area contributed by atoms with Crippen molar-refractivity contribution in [2.24, 2.45) is 0 Å². The zero-order valence-electron chi connectivity index (χ0n) is 15.5. The lowest BCUT2D eigenvalue weighted by Gasteiger charge is -2.26. The quantitative estimate of drug-likeness (QED) is 0.477. The molecule has 3 nitrogen and oxygen atoms in total. The van der Waals surface area contributed by atoms with Crippen LogP contribution < -0.4 is 9.47 Å². The van der Waals surface area contributed by atoms with Gasteiger partial charge in [-0.1, -0.05) is 51.5 Å². The topological polar surface area (TPSA) is 31.0 Å². The SMILES string of the molecule is CCCCOc1ccc(C(C)(C)c2ccc(OCC3CO3)cc2)cc1. The molecule has 0 spiro atoms. The van der Waals surface area contributed by atoms with Crippen LogP contribution in [0.15, 0.2) is 48.5 Å². The predicted octanol–water partition coefficient (Wildman–Crippen LogP) is 4.97. The molecule has 0 radical (unpaired) electrons. The molecule has 3 rings (SSSR count). The van der Waals surface area contributed by atoms with Crippen LogP contribution in [0.3, 0.4) is 0 Å². The number of ether oxygens (including phenoxy) is 3. The van der Waals surface area contributed by atoms with Crippen molar-refractivity contribution >= 4 is 0 Å². The Morgan fingerprint density at radius 2 is 1.44 bits per heavy atom. The minimum atomic E-state index is -0.0694. The highest BCUT2D eigenvalue weighted by Gasteiger charge is 2.24. The Kier molecular flexibility index (Phi) is 5.64. The van der Waals surface area contributed by atoms with Gasteiger partial charge in [0.05, 0.1) is 13.2 Å². The molecular weight excluding hydrogens is 312 g/mol. The number of hydrogen-bond acceptors (Lipinski definition) is 3. The zero-order chi connectivity index (χ0) is 17.7. The number of rotatable bonds is 9. The van der Waals surface area contributed by atoms with Crippen LogP contribution in [0, 0.1) is 0 Å². The summed E-state index contributed by atoms with van der Waals surface area (Å²) >= 11 is 0. The highest BCUT2D eigenvalue weighted by molar-refractivity contribution is 5.41. The standard InChI is InChI=1S/C22H28O3/c1-4-5-14-23-19-10-6-17(7-11-19)22(2,3)18-8-12-20(13-9-18)24-15-21-16-25-21/h6-13,21H,4-5,14-16H2,1-3H3. The minimum absolute atomic E-state index is 0.0694. The third-order valence-electron chi connectivity index (χ3n) is 4.76. The van der Waals surface area contributed by atoms with E-state index in [9.17, 15) is 0 Å². The van der Waals surface area contributed by atoms with E-state index in [1.807, 2.05) is 12.1 Å². The summed E-state index contributed by atoms with van der Waals surface area (Å²) in [6.07, 6.45) is 2.53. The molecule has 0 bridgehead atoms. The molecule has 134 valence electrons. The van der Waals surface area contributed by atoms with Gasteiger partial charge in [-0.2, -0.15) is 0 Å². The van der Waals surface area contributed by atoms with Gasteiger partial charge in [0, 0.05) is 5.41 Å². The largest absolute Gasteiger partial charge is 0.494 e. The van der Waals surface area contributed by atoms with Gasteiger partial charge in [-0.3, -0.25) is 0 Å². The molecule has 1 aliphatic heterocycles. The Hall–Kier alpha value is -2.00. The number of hydrogen-bond donors (Lipinski definition) is 0. The molecule has 1 saturated heterocycles. The van der Waals surface area contributed by atoms with Crippen molar-refractivity contribution in [1.82, 2.24) is 0 Å². The first-order valence-electron chi connectivity index (χ1n) is 9.18. The highest BCUT2D eigenvalue weighted by Crippen LogP contribution is 2.33. The van der Waals surface area contributed by atoms with E-state index in [0.29, 0.717) is 6.61 Å². The number of epoxide rings is 1. The van der Waals surface area contributed by atoms with E-state index in [0.717, 1.165) is 37.6 Å². The summed E-state index contributed by atoms with van der Waals surface area (Å²) < 4.78 is 16.7. The average molecular weight is 340 g/mol. The fourth-order valence-corrected chi connectivity index (χ4v) is 2.79. The van der Waals surface area contributed by atoms with E-state index in [4.69, 9.17) is 14.2 Å². The molecule has 1 unspecified atom stereocenters. The second-order valence-corrected chi connectivity index (χ2v) is 7.14. The van der Waals surface area contributed by atoms with Crippen LogP contribution in [0.4, 0.5) is 0 Å². The summed E-state index contributed by atoms with van der Waals surface area (Å²) in [6, 6.07) is 16.8. The van der Waals surface area contributed by atoms with E-state index in [-0.39, 0.29) is 11.5 Å². The average Bonchev–Trinajstić information content (AvgIpc) is 3.45. The van der Waals surface area contributed by atoms with Crippen LogP contribution in [-0.4, -0.2) is 25.9 Å². The lowest BCUT2D eigenvalue weighted by Crippen LogP contribution is -2.18. The van der Waals surface area contributed by atoms with Crippen LogP contribution in [0.1, 0.15) is 44.7 Å². The van der Waals surface area contributed by atoms with E-state index < -0.39 is 0 Å². The highest BCUT2D eigenvalue weighted by atomic mass is 16.6. The third-order valence-corrected chi connectivity index (χ3v) is 4.76. The summed E-state index contributed by atoms with van der Waals surface area (Å²) in [6.45, 7) is 8.91. The molecule has 25 heavy (non-hydrogen) atoms. The summed E-state index contributed by atoms with van der Waals surface area (Å²) in [5.41, 5.74) is 2.47. The van der Waals surface area contributed by atoms with Gasteiger partial charge in [0.2, 0.25) is 0 Å². The molecule has 1 fully saturated rings. The van der Waals surface area contributed by atoms with Crippen LogP contribution in [0.2, 0.25) is 0 Å². The fraction of sp³-hybridized carbons (Fsp3) is 0.455. The van der Waals surface area contributed by atoms with Crippen molar-refractivity contribution in [2.75, 3.05) is 19.8 Å². The van der Waals surface area contributed by atoms with Crippen molar-refractivity contribution in [2.45, 2.75) is 45.1 Å². The molecule has 0 N–H and O–H groups in total. The van der Waals surface area contributed by atoms with Gasteiger partial charge in [-0.05, 0) is 41.8 Å². The van der Waals surface area contributed by atoms with Gasteiger partial charge in [0.15, 0.2) is 0 Å². The molecule has 1 atom stereocenters. The predicted molar refractivity (Wildman–Crippen MR) is 101 cm³/mol. The minimum Gasteiger partial charge on any atom is -0.494 e. The molecule has 2 aromatic carbocycles. The second kappa shape index (κ2) is 7.92. The molecule has 2 aromatic rings. The summed E-state index contributed by atoms with van der Waals surface area (Å²) in [4.78, 5) is 0. The zero-order valence-corrected chi connectivity index (χ0v) is 15.5. The normalized spacial score (nSPS) is 16.5. The van der Waals surface area contributed by atoms with E-state index in [1.54, 1.807) is 0 Å². The van der Waals surface area contributed by atoms with E-state index in [2.05, 4.69) is 57.2 Å². The summed E-state index contributed by atoms with van der Waals surface area (Å²) in [5.74, 6) is 1.84. The first-order chi connectivity index (χ1) is 12.1. The van der Waals surface area contributed by atoms with Gasteiger partial charge in [0.25, 0.3) is 0 Å². The lowest BCUT2D eigenvalue weighted by molar-refractivity contribution is 0.263. The van der Waals surface area contributed by atoms with E-state index in [1.165, 1.54) is 11.1 Å². The van der Waals surface area contributed by atoms with Crippen LogP contribution in [0.25, 0.3) is 0 Å². The Balaban J connectivity index is 1.64. The monoisotopic (exact) mass is 340 g/mol. The van der Waals surface area contributed by atoms with Crippen molar-refractivity contribution in [3.05, 3.63) is 59.7 Å². The first-order valence-corrected chi connectivity index (χ1v) is 9.18. The van der Waals surface area contributed by atoms with E-state index >= 15 is 0 Å². The van der Waals surface area contributed by atoms with Crippen LogP contribution in [0.5, 0.6) is 11.5 Å². The molecule has 0 aromatic heterocycles. The van der Waals surface area contributed by atoms with Gasteiger partial charge >= 0.3 is 0 Å². The fourth-order valence-electron chi connectivity index (χ4n) is 2.79. The van der Waals surface area contributed by atoms with Crippen molar-refractivity contribution in [3.63, 3.8) is 0 Å². The second-order valence-electron chi connectivity index (χ2n) is 7.14. The Labute approximate surface area is 150 Å². The summed E-state index contributed by atoms with van der Waals surface area (Å²) in [7, 11) is 0. The van der Waals surface area contributed by atoms with Crippen molar-refractivity contribution < 1.29 is 14.2 Å². The summed E-state index contributed by atoms with van der Waals surface area (Å²) in [5, 5.41) is 0. The maximum atomic E-state index is 5.76. The van der Waals surface area contributed by atoms with Crippen molar-refractivity contribution in [1.29, 1.82) is 0 Å². The molecule has 0 aliphatic carbocycles. The molecule has 0 saturated carbocycles. The molecule has 1 heterocycles. The Morgan fingerprint density at radius 3 is 1.92 bits per heavy atom. The van der Waals surface area contributed by atoms with Gasteiger partial charge in [-0.15, -0.1) is 0 Å². The first kappa shape index (κ1) is 17.8. The van der Waals surface area contributed by atoms with Crippen molar-refractivity contribution in [3.8, 4) is 11.5 Å². The molecule has 0 amide bonds. The molecule has 3 heteroatoms.